The lowest BCUT2D eigenvalue weighted by Gasteiger charge is -2.31. The average molecular weight is 205 g/mol. The molecule has 0 spiro atoms. The van der Waals surface area contributed by atoms with Crippen molar-refractivity contribution in [3.63, 3.8) is 0 Å². The van der Waals surface area contributed by atoms with Crippen molar-refractivity contribution in [3.05, 3.63) is 17.5 Å². The predicted molar refractivity (Wildman–Crippen MR) is 59.9 cm³/mol. The summed E-state index contributed by atoms with van der Waals surface area (Å²) in [6.07, 6.45) is 7.34. The van der Waals surface area contributed by atoms with Crippen molar-refractivity contribution in [3.8, 4) is 0 Å². The summed E-state index contributed by atoms with van der Waals surface area (Å²) in [4.78, 5) is 2.65. The van der Waals surface area contributed by atoms with Gasteiger partial charge >= 0.3 is 0 Å². The molecule has 1 aromatic rings. The minimum atomic E-state index is 0.749. The zero-order valence-corrected chi connectivity index (χ0v) is 9.45. The van der Waals surface area contributed by atoms with Crippen LogP contribution in [0.2, 0.25) is 0 Å². The largest absolute Gasteiger partial charge is 0.299 e. The molecule has 1 aromatic heterocycles. The van der Waals surface area contributed by atoms with Crippen LogP contribution in [-0.4, -0.2) is 33.8 Å². The van der Waals surface area contributed by atoms with Gasteiger partial charge in [-0.25, -0.2) is 0 Å². The molecule has 3 nitrogen and oxygen atoms in total. The molecular weight excluding hydrogens is 186 g/mol. The number of hydrogen-bond donors (Lipinski definition) is 0. The molecule has 3 rings (SSSR count). The first-order chi connectivity index (χ1) is 7.34. The Balaban J connectivity index is 1.77. The Morgan fingerprint density at radius 2 is 2.13 bits per heavy atom. The highest BCUT2D eigenvalue weighted by molar-refractivity contribution is 5.17. The molecule has 0 aromatic carbocycles. The maximum absolute atomic E-state index is 4.47. The molecule has 3 heteroatoms. The van der Waals surface area contributed by atoms with Crippen LogP contribution in [0.3, 0.4) is 0 Å². The van der Waals surface area contributed by atoms with Gasteiger partial charge in [0.25, 0.3) is 0 Å². The lowest BCUT2D eigenvalue weighted by Crippen LogP contribution is -2.39. The molecule has 1 atom stereocenters. The number of aromatic nitrogens is 2. The van der Waals surface area contributed by atoms with Gasteiger partial charge in [0.2, 0.25) is 0 Å². The minimum absolute atomic E-state index is 0.749. The molecule has 3 heterocycles. The first-order valence-electron chi connectivity index (χ1n) is 6.10. The summed E-state index contributed by atoms with van der Waals surface area (Å²) >= 11 is 0. The van der Waals surface area contributed by atoms with Crippen LogP contribution in [0.1, 0.15) is 30.5 Å². The highest BCUT2D eigenvalue weighted by atomic mass is 15.3. The monoisotopic (exact) mass is 205 g/mol. The third kappa shape index (κ3) is 1.59. The summed E-state index contributed by atoms with van der Waals surface area (Å²) in [5.41, 5.74) is 2.83. The fourth-order valence-electron chi connectivity index (χ4n) is 2.99. The molecule has 0 saturated carbocycles. The van der Waals surface area contributed by atoms with Gasteiger partial charge in [-0.2, -0.15) is 5.10 Å². The molecule has 1 unspecified atom stereocenters. The lowest BCUT2D eigenvalue weighted by atomic mass is 10.0. The maximum Gasteiger partial charge on any atom is 0.0568 e. The Labute approximate surface area is 91.1 Å². The van der Waals surface area contributed by atoms with Crippen molar-refractivity contribution >= 4 is 0 Å². The molecule has 2 aliphatic rings. The molecule has 0 radical (unpaired) electrons. The number of hydrogen-bond acceptors (Lipinski definition) is 2. The molecule has 0 N–H and O–H groups in total. The topological polar surface area (TPSA) is 21.1 Å². The summed E-state index contributed by atoms with van der Waals surface area (Å²) in [5.74, 6) is 0. The van der Waals surface area contributed by atoms with Gasteiger partial charge in [-0.15, -0.1) is 0 Å². The molecule has 0 bridgehead atoms. The van der Waals surface area contributed by atoms with Gasteiger partial charge < -0.3 is 0 Å². The highest BCUT2D eigenvalue weighted by Gasteiger charge is 2.27. The third-order valence-electron chi connectivity index (χ3n) is 3.91. The van der Waals surface area contributed by atoms with E-state index in [0.717, 1.165) is 12.6 Å². The van der Waals surface area contributed by atoms with Crippen molar-refractivity contribution in [2.45, 2.75) is 45.2 Å². The van der Waals surface area contributed by atoms with E-state index in [0.29, 0.717) is 0 Å². The molecule has 1 saturated heterocycles. The zero-order chi connectivity index (χ0) is 10.3. The molecule has 2 aliphatic heterocycles. The number of nitrogens with zero attached hydrogens (tertiary/aromatic N) is 3. The Kier molecular flexibility index (Phi) is 2.28. The van der Waals surface area contributed by atoms with E-state index in [1.54, 1.807) is 0 Å². The quantitative estimate of drug-likeness (QED) is 0.694. The van der Waals surface area contributed by atoms with E-state index in [1.165, 1.54) is 50.0 Å². The van der Waals surface area contributed by atoms with Gasteiger partial charge in [0.05, 0.1) is 12.7 Å². The molecule has 1 fully saturated rings. The number of aryl methyl sites for hydroxylation is 1. The van der Waals surface area contributed by atoms with Gasteiger partial charge in [0.15, 0.2) is 0 Å². The summed E-state index contributed by atoms with van der Waals surface area (Å²) in [6.45, 7) is 5.90. The van der Waals surface area contributed by atoms with Gasteiger partial charge in [0, 0.05) is 11.7 Å². The first kappa shape index (κ1) is 9.40. The van der Waals surface area contributed by atoms with Crippen LogP contribution in [0.15, 0.2) is 6.20 Å². The molecule has 82 valence electrons. The van der Waals surface area contributed by atoms with E-state index in [2.05, 4.69) is 21.6 Å². The van der Waals surface area contributed by atoms with E-state index in [4.69, 9.17) is 0 Å². The third-order valence-corrected chi connectivity index (χ3v) is 3.91. The van der Waals surface area contributed by atoms with E-state index in [9.17, 15) is 0 Å². The summed E-state index contributed by atoms with van der Waals surface area (Å²) < 4.78 is 2.22. The van der Waals surface area contributed by atoms with Crippen LogP contribution in [0.5, 0.6) is 0 Å². The van der Waals surface area contributed by atoms with Crippen LogP contribution in [0.25, 0.3) is 0 Å². The second-order valence-corrected chi connectivity index (χ2v) is 4.89. The second-order valence-electron chi connectivity index (χ2n) is 4.89. The Morgan fingerprint density at radius 1 is 1.33 bits per heavy atom. The summed E-state index contributed by atoms with van der Waals surface area (Å²) in [7, 11) is 0. The number of rotatable bonds is 1. The van der Waals surface area contributed by atoms with Crippen LogP contribution in [0, 0.1) is 6.92 Å². The summed E-state index contributed by atoms with van der Waals surface area (Å²) in [6, 6.07) is 0.749. The van der Waals surface area contributed by atoms with Crippen molar-refractivity contribution < 1.29 is 0 Å². The van der Waals surface area contributed by atoms with Gasteiger partial charge in [-0.05, 0) is 51.3 Å². The SMILES string of the molecule is Cc1cnn2c1CCC(N1CCCC1)C2. The fourth-order valence-corrected chi connectivity index (χ4v) is 2.99. The molecular formula is C12H19N3. The summed E-state index contributed by atoms with van der Waals surface area (Å²) in [5, 5.41) is 4.47. The average Bonchev–Trinajstić information content (AvgIpc) is 2.88. The zero-order valence-electron chi connectivity index (χ0n) is 9.45. The van der Waals surface area contributed by atoms with Crippen molar-refractivity contribution in [1.82, 2.24) is 14.7 Å². The molecule has 0 aliphatic carbocycles. The van der Waals surface area contributed by atoms with Crippen molar-refractivity contribution in [2.75, 3.05) is 13.1 Å². The van der Waals surface area contributed by atoms with E-state index in [1.807, 2.05) is 6.20 Å². The van der Waals surface area contributed by atoms with Gasteiger partial charge in [-0.1, -0.05) is 0 Å². The molecule has 0 amide bonds. The standard InChI is InChI=1S/C12H19N3/c1-10-8-13-15-9-11(4-5-12(10)15)14-6-2-3-7-14/h8,11H,2-7,9H2,1H3. The maximum atomic E-state index is 4.47. The van der Waals surface area contributed by atoms with Crippen molar-refractivity contribution in [1.29, 1.82) is 0 Å². The minimum Gasteiger partial charge on any atom is -0.299 e. The van der Waals surface area contributed by atoms with E-state index in [-0.39, 0.29) is 0 Å². The Bertz CT molecular complexity index is 350. The first-order valence-corrected chi connectivity index (χ1v) is 6.10. The number of fused-ring (bicyclic) bond motifs is 1. The van der Waals surface area contributed by atoms with E-state index < -0.39 is 0 Å². The predicted octanol–water partition coefficient (Wildman–Crippen LogP) is 1.60. The van der Waals surface area contributed by atoms with E-state index >= 15 is 0 Å². The van der Waals surface area contributed by atoms with Crippen LogP contribution in [0.4, 0.5) is 0 Å². The van der Waals surface area contributed by atoms with Crippen LogP contribution in [-0.2, 0) is 13.0 Å². The Morgan fingerprint density at radius 3 is 2.93 bits per heavy atom. The van der Waals surface area contributed by atoms with Crippen LogP contribution >= 0.6 is 0 Å². The number of likely N-dealkylation sites (tertiary alicyclic amines) is 1. The van der Waals surface area contributed by atoms with Crippen molar-refractivity contribution in [2.24, 2.45) is 0 Å². The molecule has 15 heavy (non-hydrogen) atoms. The second kappa shape index (κ2) is 3.63. The van der Waals surface area contributed by atoms with Crippen LogP contribution < -0.4 is 0 Å². The Hall–Kier alpha value is -0.830. The van der Waals surface area contributed by atoms with Gasteiger partial charge in [0.1, 0.15) is 0 Å². The van der Waals surface area contributed by atoms with Gasteiger partial charge in [-0.3, -0.25) is 9.58 Å². The fraction of sp³-hybridized carbons (Fsp3) is 0.750. The lowest BCUT2D eigenvalue weighted by molar-refractivity contribution is 0.186. The normalized spacial score (nSPS) is 26.9. The highest BCUT2D eigenvalue weighted by Crippen LogP contribution is 2.23. The smallest absolute Gasteiger partial charge is 0.0568 e.